The van der Waals surface area contributed by atoms with E-state index in [4.69, 9.17) is 4.74 Å². The first-order valence-electron chi connectivity index (χ1n) is 9.55. The van der Waals surface area contributed by atoms with Crippen LogP contribution >= 0.6 is 0 Å². The van der Waals surface area contributed by atoms with E-state index in [0.29, 0.717) is 13.0 Å². The van der Waals surface area contributed by atoms with Crippen molar-refractivity contribution in [2.24, 2.45) is 5.41 Å². The quantitative estimate of drug-likeness (QED) is 0.854. The molecular weight excluding hydrogens is 328 g/mol. The number of esters is 1. The lowest BCUT2D eigenvalue weighted by atomic mass is 9.75. The molecule has 4 rings (SSSR count). The van der Waals surface area contributed by atoms with Crippen molar-refractivity contribution in [1.82, 2.24) is 9.88 Å². The normalized spacial score (nSPS) is 25.5. The van der Waals surface area contributed by atoms with Crippen LogP contribution in [0.3, 0.4) is 0 Å². The van der Waals surface area contributed by atoms with Gasteiger partial charge in [0.2, 0.25) is 5.91 Å². The van der Waals surface area contributed by atoms with Gasteiger partial charge in [-0.25, -0.2) is 0 Å². The number of aromatic amines is 1. The number of hydrogen-bond acceptors (Lipinski definition) is 3. The van der Waals surface area contributed by atoms with Crippen molar-refractivity contribution in [1.29, 1.82) is 0 Å². The number of fused-ring (bicyclic) bond motifs is 5. The highest BCUT2D eigenvalue weighted by Gasteiger charge is 2.43. The molecule has 1 aromatic carbocycles. The number of aromatic nitrogens is 1. The molecule has 0 aliphatic carbocycles. The predicted molar refractivity (Wildman–Crippen MR) is 99.7 cm³/mol. The Hall–Kier alpha value is -2.30. The number of benzene rings is 1. The van der Waals surface area contributed by atoms with Gasteiger partial charge in [0, 0.05) is 41.9 Å². The standard InChI is InChI=1S/C21H26N2O3/c1-3-21(13-26-14(2)24)10-8-19(25)23-11-9-16-15-6-4-5-7-17(15)22-20(16)18(23)12-21/h4-7,18,22H,3,8-13H2,1-2H3/t18-,21+/m0/s1. The molecule has 138 valence electrons. The fourth-order valence-electron chi connectivity index (χ4n) is 4.67. The van der Waals surface area contributed by atoms with E-state index >= 15 is 0 Å². The van der Waals surface area contributed by atoms with Gasteiger partial charge >= 0.3 is 5.97 Å². The van der Waals surface area contributed by atoms with E-state index in [1.54, 1.807) is 0 Å². The minimum absolute atomic E-state index is 0.0386. The van der Waals surface area contributed by atoms with Crippen molar-refractivity contribution in [2.45, 2.75) is 52.0 Å². The Morgan fingerprint density at radius 2 is 2.15 bits per heavy atom. The number of carbonyl (C=O) groups is 2. The van der Waals surface area contributed by atoms with Crippen molar-refractivity contribution >= 4 is 22.8 Å². The Kier molecular flexibility index (Phi) is 4.25. The maximum absolute atomic E-state index is 12.8. The van der Waals surface area contributed by atoms with Crippen molar-refractivity contribution in [2.75, 3.05) is 13.2 Å². The third kappa shape index (κ3) is 2.79. The Bertz CT molecular complexity index is 856. The van der Waals surface area contributed by atoms with Gasteiger partial charge in [-0.2, -0.15) is 0 Å². The molecule has 5 heteroatoms. The lowest BCUT2D eigenvalue weighted by molar-refractivity contribution is -0.145. The highest BCUT2D eigenvalue weighted by molar-refractivity contribution is 5.86. The number of nitrogens with one attached hydrogen (secondary N) is 1. The van der Waals surface area contributed by atoms with E-state index in [0.717, 1.165) is 37.7 Å². The van der Waals surface area contributed by atoms with Crippen molar-refractivity contribution < 1.29 is 14.3 Å². The fraction of sp³-hybridized carbons (Fsp3) is 0.524. The average molecular weight is 354 g/mol. The molecule has 5 nitrogen and oxygen atoms in total. The van der Waals surface area contributed by atoms with E-state index in [-0.39, 0.29) is 23.3 Å². The zero-order valence-corrected chi connectivity index (χ0v) is 15.5. The Balaban J connectivity index is 1.75. The summed E-state index contributed by atoms with van der Waals surface area (Å²) in [5, 5.41) is 1.26. The van der Waals surface area contributed by atoms with Gasteiger partial charge in [-0.1, -0.05) is 25.1 Å². The van der Waals surface area contributed by atoms with E-state index in [1.807, 2.05) is 11.0 Å². The number of nitrogens with zero attached hydrogens (tertiary/aromatic N) is 1. The number of H-pyrrole nitrogens is 1. The molecule has 3 heterocycles. The van der Waals surface area contributed by atoms with Gasteiger partial charge in [0.25, 0.3) is 0 Å². The van der Waals surface area contributed by atoms with Crippen LogP contribution in [0.5, 0.6) is 0 Å². The minimum Gasteiger partial charge on any atom is -0.465 e. The molecule has 0 unspecified atom stereocenters. The lowest BCUT2D eigenvalue weighted by Crippen LogP contribution is -2.40. The second kappa shape index (κ2) is 6.45. The number of rotatable bonds is 3. The van der Waals surface area contributed by atoms with Crippen LogP contribution in [0.2, 0.25) is 0 Å². The summed E-state index contributed by atoms with van der Waals surface area (Å²) in [4.78, 5) is 29.8. The Morgan fingerprint density at radius 1 is 1.35 bits per heavy atom. The minimum atomic E-state index is -0.250. The summed E-state index contributed by atoms with van der Waals surface area (Å²) in [7, 11) is 0. The van der Waals surface area contributed by atoms with Gasteiger partial charge < -0.3 is 14.6 Å². The first kappa shape index (κ1) is 17.1. The molecule has 2 aliphatic rings. The summed E-state index contributed by atoms with van der Waals surface area (Å²) in [6.07, 6.45) is 3.93. The molecule has 1 amide bonds. The van der Waals surface area contributed by atoms with Crippen LogP contribution in [0.25, 0.3) is 10.9 Å². The molecule has 0 spiro atoms. The smallest absolute Gasteiger partial charge is 0.302 e. The zero-order valence-electron chi connectivity index (χ0n) is 15.5. The van der Waals surface area contributed by atoms with Crippen LogP contribution in [-0.4, -0.2) is 34.9 Å². The van der Waals surface area contributed by atoms with Crippen LogP contribution in [0, 0.1) is 5.41 Å². The first-order valence-corrected chi connectivity index (χ1v) is 9.55. The number of hydrogen-bond donors (Lipinski definition) is 1. The summed E-state index contributed by atoms with van der Waals surface area (Å²) in [5.41, 5.74) is 3.51. The van der Waals surface area contributed by atoms with Gasteiger partial charge in [-0.05, 0) is 37.3 Å². The van der Waals surface area contributed by atoms with E-state index in [2.05, 4.69) is 30.1 Å². The van der Waals surface area contributed by atoms with Gasteiger partial charge in [0.15, 0.2) is 0 Å². The molecule has 1 N–H and O–H groups in total. The largest absolute Gasteiger partial charge is 0.465 e. The van der Waals surface area contributed by atoms with Gasteiger partial charge in [-0.15, -0.1) is 0 Å². The summed E-state index contributed by atoms with van der Waals surface area (Å²) in [6, 6.07) is 8.40. The Labute approximate surface area is 153 Å². The fourth-order valence-corrected chi connectivity index (χ4v) is 4.67. The second-order valence-electron chi connectivity index (χ2n) is 7.75. The Morgan fingerprint density at radius 3 is 2.92 bits per heavy atom. The molecule has 2 aromatic rings. The van der Waals surface area contributed by atoms with Crippen LogP contribution in [0.1, 0.15) is 56.8 Å². The SMILES string of the molecule is CC[C@@]1(COC(C)=O)CCC(=O)N2CCc3c([nH]c4ccccc34)[C@@H]2C1. The molecule has 2 atom stereocenters. The van der Waals surface area contributed by atoms with Crippen LogP contribution in [0.4, 0.5) is 0 Å². The van der Waals surface area contributed by atoms with Crippen molar-refractivity contribution in [3.63, 3.8) is 0 Å². The van der Waals surface area contributed by atoms with E-state index in [9.17, 15) is 9.59 Å². The average Bonchev–Trinajstić information content (AvgIpc) is 2.96. The number of para-hydroxylation sites is 1. The molecule has 0 saturated carbocycles. The number of ether oxygens (including phenoxy) is 1. The van der Waals surface area contributed by atoms with Crippen LogP contribution < -0.4 is 0 Å². The van der Waals surface area contributed by atoms with Crippen LogP contribution in [0.15, 0.2) is 24.3 Å². The summed E-state index contributed by atoms with van der Waals surface area (Å²) in [6.45, 7) is 4.75. The zero-order chi connectivity index (χ0) is 18.3. The lowest BCUT2D eigenvalue weighted by Gasteiger charge is -2.38. The molecule has 0 radical (unpaired) electrons. The topological polar surface area (TPSA) is 62.4 Å². The number of amides is 1. The first-order chi connectivity index (χ1) is 12.5. The highest BCUT2D eigenvalue weighted by Crippen LogP contribution is 2.47. The summed E-state index contributed by atoms with van der Waals surface area (Å²) >= 11 is 0. The summed E-state index contributed by atoms with van der Waals surface area (Å²) < 4.78 is 5.41. The second-order valence-corrected chi connectivity index (χ2v) is 7.75. The van der Waals surface area contributed by atoms with Gasteiger partial charge in [0.05, 0.1) is 12.6 Å². The third-order valence-corrected chi connectivity index (χ3v) is 6.31. The van der Waals surface area contributed by atoms with Gasteiger partial charge in [-0.3, -0.25) is 9.59 Å². The highest BCUT2D eigenvalue weighted by atomic mass is 16.5. The van der Waals surface area contributed by atoms with Crippen molar-refractivity contribution in [3.8, 4) is 0 Å². The molecule has 0 bridgehead atoms. The molecular formula is C21H26N2O3. The van der Waals surface area contributed by atoms with Crippen LogP contribution in [-0.2, 0) is 20.7 Å². The molecule has 26 heavy (non-hydrogen) atoms. The summed E-state index contributed by atoms with van der Waals surface area (Å²) in [5.74, 6) is -0.0299. The van der Waals surface area contributed by atoms with Crippen molar-refractivity contribution in [3.05, 3.63) is 35.5 Å². The number of carbonyl (C=O) groups excluding carboxylic acids is 2. The maximum Gasteiger partial charge on any atom is 0.302 e. The third-order valence-electron chi connectivity index (χ3n) is 6.31. The van der Waals surface area contributed by atoms with E-state index < -0.39 is 0 Å². The van der Waals surface area contributed by atoms with E-state index in [1.165, 1.54) is 23.6 Å². The molecule has 1 saturated heterocycles. The van der Waals surface area contributed by atoms with Gasteiger partial charge in [0.1, 0.15) is 0 Å². The molecule has 2 aliphatic heterocycles. The molecule has 1 fully saturated rings. The monoisotopic (exact) mass is 354 g/mol. The molecule has 1 aromatic heterocycles. The predicted octanol–water partition coefficient (Wildman–Crippen LogP) is 3.74. The maximum atomic E-state index is 12.8.